The molecular formula is C14H11N3O. The van der Waals surface area contributed by atoms with E-state index in [1.807, 2.05) is 19.1 Å². The highest BCUT2D eigenvalue weighted by Gasteiger charge is 2.07. The van der Waals surface area contributed by atoms with Gasteiger partial charge in [-0.15, -0.1) is 0 Å². The molecule has 0 spiro atoms. The first kappa shape index (κ1) is 11.8. The number of amides is 1. The molecule has 0 aliphatic heterocycles. The van der Waals surface area contributed by atoms with E-state index in [0.717, 1.165) is 5.69 Å². The average molecular weight is 237 g/mol. The van der Waals surface area contributed by atoms with E-state index in [2.05, 4.69) is 10.3 Å². The van der Waals surface area contributed by atoms with Crippen LogP contribution in [0.5, 0.6) is 0 Å². The largest absolute Gasteiger partial charge is 0.321 e. The number of nitrogens with one attached hydrogen (secondary N) is 1. The molecule has 1 aromatic carbocycles. The highest BCUT2D eigenvalue weighted by Crippen LogP contribution is 2.10. The summed E-state index contributed by atoms with van der Waals surface area (Å²) in [6, 6.07) is 14.0. The van der Waals surface area contributed by atoms with Crippen molar-refractivity contribution >= 4 is 11.6 Å². The van der Waals surface area contributed by atoms with E-state index in [0.29, 0.717) is 16.9 Å². The lowest BCUT2D eigenvalue weighted by molar-refractivity contribution is 0.102. The summed E-state index contributed by atoms with van der Waals surface area (Å²) in [4.78, 5) is 16.0. The molecule has 88 valence electrons. The topological polar surface area (TPSA) is 65.8 Å². The van der Waals surface area contributed by atoms with E-state index in [1.165, 1.54) is 0 Å². The second-order valence-corrected chi connectivity index (χ2v) is 3.81. The van der Waals surface area contributed by atoms with Crippen molar-refractivity contribution in [2.75, 3.05) is 5.32 Å². The Morgan fingerprint density at radius 2 is 1.94 bits per heavy atom. The molecule has 0 atom stereocenters. The maximum absolute atomic E-state index is 11.9. The van der Waals surface area contributed by atoms with Gasteiger partial charge in [-0.1, -0.05) is 6.07 Å². The molecule has 2 rings (SSSR count). The maximum atomic E-state index is 11.9. The molecular weight excluding hydrogens is 226 g/mol. The summed E-state index contributed by atoms with van der Waals surface area (Å²) in [6.07, 6.45) is 0. The Balaban J connectivity index is 2.14. The number of carbonyl (C=O) groups excluding carboxylic acids is 1. The minimum atomic E-state index is -0.261. The summed E-state index contributed by atoms with van der Waals surface area (Å²) in [5.74, 6) is -0.261. The number of aromatic nitrogens is 1. The second kappa shape index (κ2) is 5.11. The Morgan fingerprint density at radius 1 is 1.22 bits per heavy atom. The van der Waals surface area contributed by atoms with Crippen molar-refractivity contribution in [1.29, 1.82) is 5.26 Å². The van der Waals surface area contributed by atoms with Gasteiger partial charge in [0.25, 0.3) is 5.91 Å². The number of pyridine rings is 1. The molecule has 0 fully saturated rings. The fourth-order valence-corrected chi connectivity index (χ4v) is 1.49. The minimum Gasteiger partial charge on any atom is -0.321 e. The van der Waals surface area contributed by atoms with Gasteiger partial charge in [-0.05, 0) is 43.3 Å². The van der Waals surface area contributed by atoms with Crippen molar-refractivity contribution in [2.45, 2.75) is 6.92 Å². The van der Waals surface area contributed by atoms with Crippen LogP contribution in [0.3, 0.4) is 0 Å². The molecule has 0 unspecified atom stereocenters. The molecule has 4 nitrogen and oxygen atoms in total. The van der Waals surface area contributed by atoms with Gasteiger partial charge in [0.2, 0.25) is 0 Å². The average Bonchev–Trinajstić information content (AvgIpc) is 2.39. The fraction of sp³-hybridized carbons (Fsp3) is 0.0714. The van der Waals surface area contributed by atoms with Gasteiger partial charge in [0.15, 0.2) is 0 Å². The van der Waals surface area contributed by atoms with Crippen LogP contribution in [0.4, 0.5) is 5.69 Å². The summed E-state index contributed by atoms with van der Waals surface area (Å²) in [7, 11) is 0. The third kappa shape index (κ3) is 2.71. The normalized spacial score (nSPS) is 9.56. The lowest BCUT2D eigenvalue weighted by Crippen LogP contribution is -2.13. The molecule has 1 amide bonds. The Kier molecular flexibility index (Phi) is 3.35. The van der Waals surface area contributed by atoms with Crippen LogP contribution in [0.15, 0.2) is 42.5 Å². The molecule has 18 heavy (non-hydrogen) atoms. The number of nitriles is 1. The summed E-state index contributed by atoms with van der Waals surface area (Å²) in [6.45, 7) is 1.83. The van der Waals surface area contributed by atoms with E-state index in [1.54, 1.807) is 36.4 Å². The maximum Gasteiger partial charge on any atom is 0.274 e. The van der Waals surface area contributed by atoms with E-state index in [9.17, 15) is 4.79 Å². The Hall–Kier alpha value is -2.67. The molecule has 0 saturated carbocycles. The number of anilines is 1. The van der Waals surface area contributed by atoms with Crippen molar-refractivity contribution in [1.82, 2.24) is 4.98 Å². The number of aryl methyl sites for hydroxylation is 1. The second-order valence-electron chi connectivity index (χ2n) is 3.81. The van der Waals surface area contributed by atoms with Crippen LogP contribution in [0.25, 0.3) is 0 Å². The number of nitrogens with zero attached hydrogens (tertiary/aromatic N) is 2. The summed E-state index contributed by atoms with van der Waals surface area (Å²) in [5.41, 5.74) is 2.37. The van der Waals surface area contributed by atoms with Crippen LogP contribution in [0.1, 0.15) is 21.7 Å². The van der Waals surface area contributed by atoms with Gasteiger partial charge in [-0.25, -0.2) is 4.98 Å². The van der Waals surface area contributed by atoms with E-state index < -0.39 is 0 Å². The van der Waals surface area contributed by atoms with Gasteiger partial charge in [-0.3, -0.25) is 4.79 Å². The van der Waals surface area contributed by atoms with Gasteiger partial charge in [0, 0.05) is 11.4 Å². The SMILES string of the molecule is Cc1cccc(C(=O)Nc2ccc(C#N)cc2)n1. The molecule has 1 N–H and O–H groups in total. The summed E-state index contributed by atoms with van der Waals surface area (Å²) in [5, 5.41) is 11.4. The number of rotatable bonds is 2. The van der Waals surface area contributed by atoms with Crippen molar-refractivity contribution in [2.24, 2.45) is 0 Å². The highest BCUT2D eigenvalue weighted by molar-refractivity contribution is 6.02. The van der Waals surface area contributed by atoms with Gasteiger partial charge in [-0.2, -0.15) is 5.26 Å². The highest BCUT2D eigenvalue weighted by atomic mass is 16.1. The van der Waals surface area contributed by atoms with Crippen LogP contribution in [0, 0.1) is 18.3 Å². The van der Waals surface area contributed by atoms with Gasteiger partial charge < -0.3 is 5.32 Å². The van der Waals surface area contributed by atoms with Crippen molar-refractivity contribution in [3.63, 3.8) is 0 Å². The monoisotopic (exact) mass is 237 g/mol. The Labute approximate surface area is 105 Å². The Bertz CT molecular complexity index is 612. The van der Waals surface area contributed by atoms with Crippen molar-refractivity contribution in [3.05, 3.63) is 59.4 Å². The lowest BCUT2D eigenvalue weighted by atomic mass is 10.2. The number of benzene rings is 1. The standard InChI is InChI=1S/C14H11N3O/c1-10-3-2-4-13(16-10)14(18)17-12-7-5-11(9-15)6-8-12/h2-8H,1H3,(H,17,18). The fourth-order valence-electron chi connectivity index (χ4n) is 1.49. The number of carbonyl (C=O) groups is 1. The Morgan fingerprint density at radius 3 is 2.56 bits per heavy atom. The van der Waals surface area contributed by atoms with Crippen molar-refractivity contribution in [3.8, 4) is 6.07 Å². The smallest absolute Gasteiger partial charge is 0.274 e. The predicted molar refractivity (Wildman–Crippen MR) is 68.1 cm³/mol. The number of hydrogen-bond donors (Lipinski definition) is 1. The van der Waals surface area contributed by atoms with E-state index >= 15 is 0 Å². The predicted octanol–water partition coefficient (Wildman–Crippen LogP) is 2.51. The molecule has 0 saturated heterocycles. The summed E-state index contributed by atoms with van der Waals surface area (Å²) < 4.78 is 0. The van der Waals surface area contributed by atoms with Gasteiger partial charge in [0.05, 0.1) is 11.6 Å². The van der Waals surface area contributed by atoms with Crippen LogP contribution < -0.4 is 5.32 Å². The zero-order chi connectivity index (χ0) is 13.0. The summed E-state index contributed by atoms with van der Waals surface area (Å²) >= 11 is 0. The van der Waals surface area contributed by atoms with Gasteiger partial charge in [0.1, 0.15) is 5.69 Å². The zero-order valence-electron chi connectivity index (χ0n) is 9.84. The first-order chi connectivity index (χ1) is 8.69. The van der Waals surface area contributed by atoms with Gasteiger partial charge >= 0.3 is 0 Å². The molecule has 2 aromatic rings. The van der Waals surface area contributed by atoms with Crippen LogP contribution in [-0.2, 0) is 0 Å². The van der Waals surface area contributed by atoms with Crippen LogP contribution in [0.2, 0.25) is 0 Å². The molecule has 0 aliphatic rings. The zero-order valence-corrected chi connectivity index (χ0v) is 9.84. The van der Waals surface area contributed by atoms with Crippen LogP contribution in [-0.4, -0.2) is 10.9 Å². The van der Waals surface area contributed by atoms with E-state index in [4.69, 9.17) is 5.26 Å². The third-order valence-electron chi connectivity index (χ3n) is 2.39. The van der Waals surface area contributed by atoms with Crippen molar-refractivity contribution < 1.29 is 4.79 Å². The number of hydrogen-bond acceptors (Lipinski definition) is 3. The first-order valence-corrected chi connectivity index (χ1v) is 5.44. The van der Waals surface area contributed by atoms with E-state index in [-0.39, 0.29) is 5.91 Å². The van der Waals surface area contributed by atoms with Crippen LogP contribution >= 0.6 is 0 Å². The molecule has 0 radical (unpaired) electrons. The molecule has 1 aromatic heterocycles. The quantitative estimate of drug-likeness (QED) is 0.872. The lowest BCUT2D eigenvalue weighted by Gasteiger charge is -2.05. The molecule has 1 heterocycles. The molecule has 4 heteroatoms. The first-order valence-electron chi connectivity index (χ1n) is 5.44. The molecule has 0 aliphatic carbocycles. The molecule has 0 bridgehead atoms. The third-order valence-corrected chi connectivity index (χ3v) is 2.39. The minimum absolute atomic E-state index is 0.261.